The fourth-order valence-electron chi connectivity index (χ4n) is 3.04. The number of nitrogens with zero attached hydrogens (tertiary/aromatic N) is 1. The van der Waals surface area contributed by atoms with Crippen LogP contribution < -0.4 is 11.2 Å². The maximum absolute atomic E-state index is 12.0. The van der Waals surface area contributed by atoms with Crippen LogP contribution in [0, 0.1) is 5.92 Å². The molecule has 0 radical (unpaired) electrons. The van der Waals surface area contributed by atoms with Gasteiger partial charge in [0, 0.05) is 12.1 Å². The van der Waals surface area contributed by atoms with E-state index in [1.165, 1.54) is 29.9 Å². The first kappa shape index (κ1) is 13.4. The van der Waals surface area contributed by atoms with Crippen LogP contribution >= 0.6 is 11.6 Å². The molecule has 0 amide bonds. The van der Waals surface area contributed by atoms with Crippen molar-refractivity contribution in [3.8, 4) is 0 Å². The number of nitrogens with one attached hydrogen (secondary N) is 1. The lowest BCUT2D eigenvalue weighted by Gasteiger charge is -2.30. The average molecular weight is 271 g/mol. The number of hydrogen-bond donors (Lipinski definition) is 1. The third kappa shape index (κ3) is 2.69. The molecule has 1 saturated carbocycles. The van der Waals surface area contributed by atoms with E-state index in [9.17, 15) is 9.59 Å². The predicted octanol–water partition coefficient (Wildman–Crippen LogP) is 2.72. The molecule has 5 heteroatoms. The average Bonchev–Trinajstić information content (AvgIpc) is 2.34. The monoisotopic (exact) mass is 270 g/mol. The second kappa shape index (κ2) is 5.74. The molecule has 4 nitrogen and oxygen atoms in total. The summed E-state index contributed by atoms with van der Waals surface area (Å²) in [6, 6.07) is 1.29. The topological polar surface area (TPSA) is 54.9 Å². The van der Waals surface area contributed by atoms with Gasteiger partial charge in [0.15, 0.2) is 0 Å². The smallest absolute Gasteiger partial charge is 0.298 e. The van der Waals surface area contributed by atoms with E-state index in [0.29, 0.717) is 5.92 Å². The Bertz CT molecular complexity index is 483. The quantitative estimate of drug-likeness (QED) is 0.859. The molecule has 1 aromatic heterocycles. The van der Waals surface area contributed by atoms with E-state index < -0.39 is 0 Å². The van der Waals surface area contributed by atoms with Gasteiger partial charge in [-0.2, -0.15) is 0 Å². The molecule has 2 rings (SSSR count). The molecule has 0 aliphatic heterocycles. The third-order valence-corrected chi connectivity index (χ3v) is 4.08. The standard InChI is InChI=1S/C13H19ClN2O2/c1-2-10(9-6-4-3-5-7-9)16-12(17)8-11(14)15-13(16)18/h8-10H,2-7H2,1H3,(H,15,18). The van der Waals surface area contributed by atoms with Gasteiger partial charge >= 0.3 is 5.69 Å². The Kier molecular flexibility index (Phi) is 4.27. The van der Waals surface area contributed by atoms with E-state index in [0.717, 1.165) is 19.3 Å². The second-order valence-corrected chi connectivity index (χ2v) is 5.41. The number of aromatic amines is 1. The first-order chi connectivity index (χ1) is 8.63. The van der Waals surface area contributed by atoms with E-state index in [1.54, 1.807) is 0 Å². The van der Waals surface area contributed by atoms with E-state index in [4.69, 9.17) is 11.6 Å². The van der Waals surface area contributed by atoms with E-state index in [-0.39, 0.29) is 22.4 Å². The number of hydrogen-bond acceptors (Lipinski definition) is 2. The van der Waals surface area contributed by atoms with Gasteiger partial charge in [0.1, 0.15) is 5.15 Å². The van der Waals surface area contributed by atoms with Gasteiger partial charge in [0.05, 0.1) is 0 Å². The van der Waals surface area contributed by atoms with Crippen LogP contribution in [0.5, 0.6) is 0 Å². The Balaban J connectivity index is 2.38. The van der Waals surface area contributed by atoms with Crippen molar-refractivity contribution in [2.45, 2.75) is 51.5 Å². The maximum Gasteiger partial charge on any atom is 0.329 e. The predicted molar refractivity (Wildman–Crippen MR) is 72.2 cm³/mol. The zero-order valence-electron chi connectivity index (χ0n) is 10.6. The number of halogens is 1. The number of rotatable bonds is 3. The van der Waals surface area contributed by atoms with Crippen LogP contribution in [0.25, 0.3) is 0 Å². The van der Waals surface area contributed by atoms with Gasteiger partial charge in [-0.1, -0.05) is 37.8 Å². The highest BCUT2D eigenvalue weighted by atomic mass is 35.5. The fourth-order valence-corrected chi connectivity index (χ4v) is 3.21. The molecule has 1 aliphatic rings. The first-order valence-electron chi connectivity index (χ1n) is 6.65. The van der Waals surface area contributed by atoms with E-state index in [2.05, 4.69) is 4.98 Å². The van der Waals surface area contributed by atoms with Crippen LogP contribution in [-0.4, -0.2) is 9.55 Å². The number of aromatic nitrogens is 2. The van der Waals surface area contributed by atoms with Crippen molar-refractivity contribution in [2.24, 2.45) is 5.92 Å². The van der Waals surface area contributed by atoms with Crippen molar-refractivity contribution in [3.05, 3.63) is 32.1 Å². The molecule has 1 N–H and O–H groups in total. The van der Waals surface area contributed by atoms with Crippen LogP contribution in [0.2, 0.25) is 5.15 Å². The lowest BCUT2D eigenvalue weighted by atomic mass is 9.83. The molecule has 1 unspecified atom stereocenters. The molecule has 100 valence electrons. The minimum atomic E-state index is -0.384. The van der Waals surface area contributed by atoms with Crippen LogP contribution in [0.1, 0.15) is 51.5 Å². The fraction of sp³-hybridized carbons (Fsp3) is 0.692. The van der Waals surface area contributed by atoms with E-state index in [1.807, 2.05) is 6.92 Å². The minimum Gasteiger partial charge on any atom is -0.298 e. The van der Waals surface area contributed by atoms with Gasteiger partial charge in [-0.25, -0.2) is 4.79 Å². The summed E-state index contributed by atoms with van der Waals surface area (Å²) in [5.41, 5.74) is -0.675. The van der Waals surface area contributed by atoms with Crippen LogP contribution in [0.4, 0.5) is 0 Å². The molecular weight excluding hydrogens is 252 g/mol. The van der Waals surface area contributed by atoms with E-state index >= 15 is 0 Å². The van der Waals surface area contributed by atoms with Crippen molar-refractivity contribution in [1.82, 2.24) is 9.55 Å². The Morgan fingerprint density at radius 2 is 2.06 bits per heavy atom. The molecule has 0 bridgehead atoms. The van der Waals surface area contributed by atoms with Crippen molar-refractivity contribution in [2.75, 3.05) is 0 Å². The Hall–Kier alpha value is -1.03. The molecule has 1 atom stereocenters. The normalized spacial score (nSPS) is 18.8. The molecule has 1 heterocycles. The second-order valence-electron chi connectivity index (χ2n) is 5.00. The summed E-state index contributed by atoms with van der Waals surface area (Å²) < 4.78 is 1.35. The van der Waals surface area contributed by atoms with Crippen LogP contribution in [0.3, 0.4) is 0 Å². The van der Waals surface area contributed by atoms with Gasteiger partial charge in [-0.3, -0.25) is 14.3 Å². The lowest BCUT2D eigenvalue weighted by molar-refractivity contribution is 0.233. The molecule has 1 aliphatic carbocycles. The molecule has 0 spiro atoms. The van der Waals surface area contributed by atoms with Crippen LogP contribution in [-0.2, 0) is 0 Å². The maximum atomic E-state index is 12.0. The summed E-state index contributed by atoms with van der Waals surface area (Å²) in [5.74, 6) is 0.434. The summed E-state index contributed by atoms with van der Waals surface area (Å²) in [4.78, 5) is 26.4. The molecule has 18 heavy (non-hydrogen) atoms. The van der Waals surface area contributed by atoms with Crippen molar-refractivity contribution in [3.63, 3.8) is 0 Å². The lowest BCUT2D eigenvalue weighted by Crippen LogP contribution is -2.40. The molecule has 1 fully saturated rings. The van der Waals surface area contributed by atoms with Crippen molar-refractivity contribution >= 4 is 11.6 Å². The van der Waals surface area contributed by atoms with Gasteiger partial charge in [-0.05, 0) is 25.2 Å². The zero-order valence-corrected chi connectivity index (χ0v) is 11.4. The summed E-state index contributed by atoms with van der Waals surface area (Å²) in [6.45, 7) is 2.03. The highest BCUT2D eigenvalue weighted by Crippen LogP contribution is 2.33. The molecular formula is C13H19ClN2O2. The summed E-state index contributed by atoms with van der Waals surface area (Å²) in [6.07, 6.45) is 6.66. The number of H-pyrrole nitrogens is 1. The minimum absolute atomic E-state index is 0.00110. The van der Waals surface area contributed by atoms with Crippen molar-refractivity contribution in [1.29, 1.82) is 0 Å². The third-order valence-electron chi connectivity index (χ3n) is 3.88. The van der Waals surface area contributed by atoms with Crippen molar-refractivity contribution < 1.29 is 0 Å². The summed E-state index contributed by atoms with van der Waals surface area (Å²) >= 11 is 5.69. The largest absolute Gasteiger partial charge is 0.329 e. The molecule has 1 aromatic rings. The van der Waals surface area contributed by atoms with Gasteiger partial charge in [0.2, 0.25) is 0 Å². The van der Waals surface area contributed by atoms with Crippen LogP contribution in [0.15, 0.2) is 15.7 Å². The first-order valence-corrected chi connectivity index (χ1v) is 7.02. The highest BCUT2D eigenvalue weighted by molar-refractivity contribution is 6.29. The summed E-state index contributed by atoms with van der Waals surface area (Å²) in [7, 11) is 0. The highest BCUT2D eigenvalue weighted by Gasteiger charge is 2.25. The molecule has 0 aromatic carbocycles. The zero-order chi connectivity index (χ0) is 13.1. The van der Waals surface area contributed by atoms with Gasteiger partial charge in [-0.15, -0.1) is 0 Å². The van der Waals surface area contributed by atoms with Gasteiger partial charge < -0.3 is 0 Å². The SMILES string of the molecule is CCC(C1CCCCC1)n1c(=O)cc(Cl)[nH]c1=O. The summed E-state index contributed by atoms with van der Waals surface area (Å²) in [5, 5.41) is 0.111. The molecule has 0 saturated heterocycles. The van der Waals surface area contributed by atoms with Gasteiger partial charge in [0.25, 0.3) is 5.56 Å². The Morgan fingerprint density at radius 1 is 1.39 bits per heavy atom. The Labute approximate surface area is 111 Å². The Morgan fingerprint density at radius 3 is 2.61 bits per heavy atom.